The van der Waals surface area contributed by atoms with Gasteiger partial charge in [0.2, 0.25) is 0 Å². The van der Waals surface area contributed by atoms with Crippen molar-refractivity contribution in [2.45, 2.75) is 13.5 Å². The first-order valence-electron chi connectivity index (χ1n) is 6.49. The molecule has 0 aliphatic rings. The van der Waals surface area contributed by atoms with Crippen molar-refractivity contribution < 1.29 is 25.0 Å². The average Bonchev–Trinajstić information content (AvgIpc) is 2.55. The number of phenols is 1. The lowest BCUT2D eigenvalue weighted by Crippen LogP contribution is -1.97. The number of benzene rings is 1. The van der Waals surface area contributed by atoms with Crippen molar-refractivity contribution in [3.05, 3.63) is 72.1 Å². The molecule has 1 aromatic heterocycles. The van der Waals surface area contributed by atoms with E-state index in [1.54, 1.807) is 12.4 Å². The van der Waals surface area contributed by atoms with Crippen LogP contribution in [0.4, 0.5) is 17.1 Å². The molecule has 0 atom stereocenters. The Morgan fingerprint density at radius 1 is 1.04 bits per heavy atom. The second kappa shape index (κ2) is 8.26. The van der Waals surface area contributed by atoms with E-state index >= 15 is 0 Å². The molecule has 0 aliphatic carbocycles. The van der Waals surface area contributed by atoms with Gasteiger partial charge in [0.1, 0.15) is 0 Å². The van der Waals surface area contributed by atoms with Crippen molar-refractivity contribution in [3.8, 4) is 5.75 Å². The van der Waals surface area contributed by atoms with Crippen LogP contribution >= 0.6 is 0 Å². The van der Waals surface area contributed by atoms with E-state index in [0.717, 1.165) is 11.1 Å². The van der Waals surface area contributed by atoms with Crippen molar-refractivity contribution in [2.75, 3.05) is 0 Å². The third-order valence-electron chi connectivity index (χ3n) is 2.98. The molecule has 1 aromatic carbocycles. The lowest BCUT2D eigenvalue weighted by molar-refractivity contribution is -0.404. The number of nitro benzene ring substituents is 3. The Balaban J connectivity index is 0.000000293. The van der Waals surface area contributed by atoms with Gasteiger partial charge in [0.15, 0.2) is 0 Å². The normalized spacial score (nSPS) is 9.68. The summed E-state index contributed by atoms with van der Waals surface area (Å²) in [5.74, 6) is -1.21. The maximum atomic E-state index is 10.4. The van der Waals surface area contributed by atoms with E-state index in [0.29, 0.717) is 12.1 Å². The molecule has 2 N–H and O–H groups in total. The van der Waals surface area contributed by atoms with Crippen LogP contribution in [-0.2, 0) is 6.61 Å². The molecule has 0 radical (unpaired) electrons. The summed E-state index contributed by atoms with van der Waals surface area (Å²) in [4.78, 5) is 31.6. The van der Waals surface area contributed by atoms with E-state index in [9.17, 15) is 30.3 Å². The number of pyridine rings is 1. The number of phenolic OH excluding ortho intramolecular Hbond substituents is 1. The number of aromatic nitrogens is 1. The fourth-order valence-corrected chi connectivity index (χ4v) is 1.64. The Kier molecular flexibility index (Phi) is 6.40. The van der Waals surface area contributed by atoms with Gasteiger partial charge in [-0.15, -0.1) is 0 Å². The maximum Gasteiger partial charge on any atom is 0.324 e. The van der Waals surface area contributed by atoms with Crippen LogP contribution in [0.5, 0.6) is 5.75 Å². The summed E-state index contributed by atoms with van der Waals surface area (Å²) >= 11 is 0. The van der Waals surface area contributed by atoms with Crippen LogP contribution in [0.3, 0.4) is 0 Å². The van der Waals surface area contributed by atoms with E-state index in [2.05, 4.69) is 4.98 Å². The summed E-state index contributed by atoms with van der Waals surface area (Å²) in [6.45, 7) is 2.03. The number of rotatable bonds is 4. The van der Waals surface area contributed by atoms with Gasteiger partial charge >= 0.3 is 11.4 Å². The average molecular weight is 352 g/mol. The number of aliphatic hydroxyl groups is 1. The monoisotopic (exact) mass is 352 g/mol. The molecule has 132 valence electrons. The van der Waals surface area contributed by atoms with Crippen LogP contribution < -0.4 is 0 Å². The highest BCUT2D eigenvalue weighted by molar-refractivity contribution is 5.64. The van der Waals surface area contributed by atoms with E-state index in [1.807, 2.05) is 13.0 Å². The van der Waals surface area contributed by atoms with Gasteiger partial charge in [0.25, 0.3) is 11.4 Å². The zero-order valence-corrected chi connectivity index (χ0v) is 12.7. The molecule has 0 spiro atoms. The summed E-state index contributed by atoms with van der Waals surface area (Å²) in [5, 5.41) is 48.9. The quantitative estimate of drug-likeness (QED) is 0.613. The first kappa shape index (κ1) is 19.4. The fourth-order valence-electron chi connectivity index (χ4n) is 1.64. The number of hydrogen-bond acceptors (Lipinski definition) is 9. The molecule has 12 nitrogen and oxygen atoms in total. The number of nitrogens with zero attached hydrogens (tertiary/aromatic N) is 4. The van der Waals surface area contributed by atoms with Crippen molar-refractivity contribution in [2.24, 2.45) is 0 Å². The summed E-state index contributed by atoms with van der Waals surface area (Å²) in [7, 11) is 0. The molecule has 0 fully saturated rings. The smallest absolute Gasteiger partial charge is 0.324 e. The number of aliphatic hydroxyl groups excluding tert-OH is 1. The Hall–Kier alpha value is -3.67. The molecule has 1 heterocycles. The maximum absolute atomic E-state index is 10.4. The zero-order chi connectivity index (χ0) is 19.1. The predicted molar refractivity (Wildman–Crippen MR) is 83.0 cm³/mol. The highest BCUT2D eigenvalue weighted by Gasteiger charge is 2.30. The van der Waals surface area contributed by atoms with Crippen molar-refractivity contribution in [1.29, 1.82) is 0 Å². The van der Waals surface area contributed by atoms with Crippen molar-refractivity contribution in [1.82, 2.24) is 4.98 Å². The second-order valence-corrected chi connectivity index (χ2v) is 4.56. The number of nitro groups is 3. The Labute approximate surface area is 139 Å². The molecule has 12 heteroatoms. The third-order valence-corrected chi connectivity index (χ3v) is 2.98. The Morgan fingerprint density at radius 3 is 1.88 bits per heavy atom. The van der Waals surface area contributed by atoms with E-state index in [1.165, 1.54) is 0 Å². The topological polar surface area (TPSA) is 183 Å². The zero-order valence-electron chi connectivity index (χ0n) is 12.7. The van der Waals surface area contributed by atoms with E-state index in [4.69, 9.17) is 10.2 Å². The molecule has 0 bridgehead atoms. The standard InChI is InChI=1S/C7H9NO.C6H3N3O7/c1-6-2-3-8-4-7(6)5-9;10-6-4(8(13)14)1-3(7(11)12)2-5(6)9(15)16/h2-4,9H,5H2,1H3;1-2,10H. The Morgan fingerprint density at radius 2 is 1.56 bits per heavy atom. The van der Waals surface area contributed by atoms with Crippen molar-refractivity contribution >= 4 is 17.1 Å². The van der Waals surface area contributed by atoms with Crippen LogP contribution in [0, 0.1) is 37.3 Å². The summed E-state index contributed by atoms with van der Waals surface area (Å²) in [6, 6.07) is 2.77. The minimum absolute atomic E-state index is 0.0830. The van der Waals surface area contributed by atoms with Gasteiger partial charge in [-0.1, -0.05) is 0 Å². The SMILES string of the molecule is Cc1ccncc1CO.O=[N+]([O-])c1cc([N+](=O)[O-])c(O)c([N+](=O)[O-])c1. The van der Waals surface area contributed by atoms with Crippen LogP contribution in [0.2, 0.25) is 0 Å². The third kappa shape index (κ3) is 4.90. The second-order valence-electron chi connectivity index (χ2n) is 4.56. The summed E-state index contributed by atoms with van der Waals surface area (Å²) in [6.07, 6.45) is 3.39. The first-order valence-corrected chi connectivity index (χ1v) is 6.49. The summed E-state index contributed by atoms with van der Waals surface area (Å²) < 4.78 is 0. The molecule has 0 aliphatic heterocycles. The molecule has 2 aromatic rings. The highest BCUT2D eigenvalue weighted by Crippen LogP contribution is 2.38. The minimum Gasteiger partial charge on any atom is -0.497 e. The predicted octanol–water partition coefficient (Wildman–Crippen LogP) is 2.00. The van der Waals surface area contributed by atoms with Crippen LogP contribution in [0.25, 0.3) is 0 Å². The number of aromatic hydroxyl groups is 1. The van der Waals surface area contributed by atoms with E-state index in [-0.39, 0.29) is 6.61 Å². The molecular formula is C13H12N4O8. The van der Waals surface area contributed by atoms with Gasteiger partial charge in [-0.25, -0.2) is 0 Å². The van der Waals surface area contributed by atoms with Gasteiger partial charge in [-0.05, 0) is 24.1 Å². The first-order chi connectivity index (χ1) is 11.7. The molecule has 0 saturated carbocycles. The van der Waals surface area contributed by atoms with E-state index < -0.39 is 37.6 Å². The summed E-state index contributed by atoms with van der Waals surface area (Å²) in [5.41, 5.74) is -1.01. The largest absolute Gasteiger partial charge is 0.497 e. The molecule has 2 rings (SSSR count). The fraction of sp³-hybridized carbons (Fsp3) is 0.154. The lowest BCUT2D eigenvalue weighted by atomic mass is 10.2. The van der Waals surface area contributed by atoms with Crippen LogP contribution in [0.15, 0.2) is 30.6 Å². The van der Waals surface area contributed by atoms with Gasteiger partial charge in [-0.3, -0.25) is 35.3 Å². The Bertz CT molecular complexity index is 788. The van der Waals surface area contributed by atoms with Gasteiger partial charge < -0.3 is 10.2 Å². The molecule has 0 saturated heterocycles. The van der Waals surface area contributed by atoms with Gasteiger partial charge in [-0.2, -0.15) is 0 Å². The number of non-ortho nitro benzene ring substituents is 1. The van der Waals surface area contributed by atoms with Crippen LogP contribution in [-0.4, -0.2) is 30.0 Å². The highest BCUT2D eigenvalue weighted by atomic mass is 16.6. The van der Waals surface area contributed by atoms with Crippen LogP contribution in [0.1, 0.15) is 11.1 Å². The number of hydrogen-bond donors (Lipinski definition) is 2. The number of aryl methyl sites for hydroxylation is 1. The lowest BCUT2D eigenvalue weighted by Gasteiger charge is -1.97. The molecule has 25 heavy (non-hydrogen) atoms. The molecule has 0 amide bonds. The van der Waals surface area contributed by atoms with Crippen molar-refractivity contribution in [3.63, 3.8) is 0 Å². The minimum atomic E-state index is -1.21. The molecule has 0 unspecified atom stereocenters. The van der Waals surface area contributed by atoms with Gasteiger partial charge in [0, 0.05) is 12.4 Å². The van der Waals surface area contributed by atoms with Gasteiger partial charge in [0.05, 0.1) is 33.5 Å². The molecular weight excluding hydrogens is 340 g/mol.